The Morgan fingerprint density at radius 1 is 1.07 bits per heavy atom. The fourth-order valence-electron chi connectivity index (χ4n) is 2.14. The molecule has 84 valence electrons. The Labute approximate surface area is 93.8 Å². The second-order valence-electron chi connectivity index (χ2n) is 4.43. The summed E-state index contributed by atoms with van der Waals surface area (Å²) in [5.41, 5.74) is 0. The Morgan fingerprint density at radius 2 is 1.71 bits per heavy atom. The van der Waals surface area contributed by atoms with E-state index in [9.17, 15) is 0 Å². The van der Waals surface area contributed by atoms with E-state index in [1.54, 1.807) is 0 Å². The summed E-state index contributed by atoms with van der Waals surface area (Å²) in [4.78, 5) is 2.60. The molecule has 0 amide bonds. The molecule has 1 unspecified atom stereocenters. The standard InChI is InChI=1S/C12H24ClN/c1-2-7-12(13)8-11-14-9-5-3-4-6-10-14/h12H,2-11H2,1H3. The van der Waals surface area contributed by atoms with Gasteiger partial charge >= 0.3 is 0 Å². The number of hydrogen-bond acceptors (Lipinski definition) is 1. The van der Waals surface area contributed by atoms with Gasteiger partial charge < -0.3 is 4.90 Å². The fraction of sp³-hybridized carbons (Fsp3) is 1.00. The summed E-state index contributed by atoms with van der Waals surface area (Å²) in [6, 6.07) is 0. The highest BCUT2D eigenvalue weighted by Crippen LogP contribution is 2.14. The van der Waals surface area contributed by atoms with E-state index >= 15 is 0 Å². The number of nitrogens with zero attached hydrogens (tertiary/aromatic N) is 1. The predicted octanol–water partition coefficient (Wildman–Crippen LogP) is 3.66. The molecule has 1 heterocycles. The van der Waals surface area contributed by atoms with E-state index in [4.69, 9.17) is 11.6 Å². The van der Waals surface area contributed by atoms with E-state index in [2.05, 4.69) is 11.8 Å². The highest BCUT2D eigenvalue weighted by Gasteiger charge is 2.10. The van der Waals surface area contributed by atoms with Gasteiger partial charge in [-0.05, 0) is 45.3 Å². The summed E-state index contributed by atoms with van der Waals surface area (Å²) in [6.07, 6.45) is 9.20. The third kappa shape index (κ3) is 5.21. The lowest BCUT2D eigenvalue weighted by Crippen LogP contribution is -2.27. The van der Waals surface area contributed by atoms with Gasteiger partial charge in [-0.3, -0.25) is 0 Å². The van der Waals surface area contributed by atoms with Crippen molar-refractivity contribution in [3.8, 4) is 0 Å². The first-order valence-corrected chi connectivity index (χ1v) is 6.63. The number of likely N-dealkylation sites (tertiary alicyclic amines) is 1. The summed E-state index contributed by atoms with van der Waals surface area (Å²) in [5, 5.41) is 0.406. The van der Waals surface area contributed by atoms with Crippen LogP contribution in [0, 0.1) is 0 Å². The van der Waals surface area contributed by atoms with Gasteiger partial charge in [-0.25, -0.2) is 0 Å². The molecule has 0 bridgehead atoms. The average molecular weight is 218 g/mol. The minimum atomic E-state index is 0.406. The lowest BCUT2D eigenvalue weighted by Gasteiger charge is -2.20. The van der Waals surface area contributed by atoms with Gasteiger partial charge in [-0.15, -0.1) is 11.6 Å². The highest BCUT2D eigenvalue weighted by atomic mass is 35.5. The van der Waals surface area contributed by atoms with Crippen LogP contribution in [0.5, 0.6) is 0 Å². The monoisotopic (exact) mass is 217 g/mol. The van der Waals surface area contributed by atoms with E-state index < -0.39 is 0 Å². The van der Waals surface area contributed by atoms with Gasteiger partial charge in [0.25, 0.3) is 0 Å². The maximum absolute atomic E-state index is 6.21. The van der Waals surface area contributed by atoms with Crippen molar-refractivity contribution >= 4 is 11.6 Å². The zero-order chi connectivity index (χ0) is 10.2. The molecule has 0 N–H and O–H groups in total. The Balaban J connectivity index is 2.09. The van der Waals surface area contributed by atoms with Crippen molar-refractivity contribution in [1.29, 1.82) is 0 Å². The van der Waals surface area contributed by atoms with Gasteiger partial charge in [-0.1, -0.05) is 26.2 Å². The van der Waals surface area contributed by atoms with Crippen molar-refractivity contribution in [1.82, 2.24) is 4.90 Å². The van der Waals surface area contributed by atoms with Crippen LogP contribution in [0.1, 0.15) is 51.9 Å². The van der Waals surface area contributed by atoms with Crippen LogP contribution in [-0.4, -0.2) is 29.9 Å². The second kappa shape index (κ2) is 7.53. The van der Waals surface area contributed by atoms with E-state index in [1.807, 2.05) is 0 Å². The molecule has 14 heavy (non-hydrogen) atoms. The van der Waals surface area contributed by atoms with Gasteiger partial charge in [0, 0.05) is 5.38 Å². The minimum Gasteiger partial charge on any atom is -0.303 e. The third-order valence-electron chi connectivity index (χ3n) is 3.06. The van der Waals surface area contributed by atoms with Crippen LogP contribution in [0.2, 0.25) is 0 Å². The van der Waals surface area contributed by atoms with Gasteiger partial charge in [0.2, 0.25) is 0 Å². The molecule has 0 aromatic heterocycles. The molecule has 1 nitrogen and oxygen atoms in total. The van der Waals surface area contributed by atoms with Crippen LogP contribution in [0.3, 0.4) is 0 Å². The maximum atomic E-state index is 6.21. The molecule has 2 heteroatoms. The van der Waals surface area contributed by atoms with Gasteiger partial charge in [0.1, 0.15) is 0 Å². The molecule has 0 aromatic rings. The molecule has 1 saturated heterocycles. The summed E-state index contributed by atoms with van der Waals surface area (Å²) >= 11 is 6.21. The van der Waals surface area contributed by atoms with Crippen LogP contribution >= 0.6 is 11.6 Å². The number of hydrogen-bond donors (Lipinski definition) is 0. The third-order valence-corrected chi connectivity index (χ3v) is 3.50. The number of rotatable bonds is 5. The molecule has 1 aliphatic heterocycles. The Hall–Kier alpha value is 0.250. The van der Waals surface area contributed by atoms with Crippen molar-refractivity contribution in [3.63, 3.8) is 0 Å². The second-order valence-corrected chi connectivity index (χ2v) is 5.05. The van der Waals surface area contributed by atoms with Crippen molar-refractivity contribution in [3.05, 3.63) is 0 Å². The summed E-state index contributed by atoms with van der Waals surface area (Å²) in [7, 11) is 0. The van der Waals surface area contributed by atoms with E-state index in [0.717, 1.165) is 0 Å². The van der Waals surface area contributed by atoms with Crippen LogP contribution in [0.25, 0.3) is 0 Å². The van der Waals surface area contributed by atoms with Crippen LogP contribution in [0.15, 0.2) is 0 Å². The Morgan fingerprint density at radius 3 is 2.29 bits per heavy atom. The van der Waals surface area contributed by atoms with E-state index in [0.29, 0.717) is 5.38 Å². The first-order valence-electron chi connectivity index (χ1n) is 6.19. The van der Waals surface area contributed by atoms with Crippen LogP contribution in [-0.2, 0) is 0 Å². The first kappa shape index (κ1) is 12.3. The van der Waals surface area contributed by atoms with E-state index in [1.165, 1.54) is 64.6 Å². The van der Waals surface area contributed by atoms with E-state index in [-0.39, 0.29) is 0 Å². The van der Waals surface area contributed by atoms with Crippen LogP contribution < -0.4 is 0 Å². The lowest BCUT2D eigenvalue weighted by atomic mass is 10.2. The molecule has 0 aliphatic carbocycles. The van der Waals surface area contributed by atoms with Crippen molar-refractivity contribution in [2.24, 2.45) is 0 Å². The highest BCUT2D eigenvalue weighted by molar-refractivity contribution is 6.20. The molecule has 0 radical (unpaired) electrons. The largest absolute Gasteiger partial charge is 0.303 e. The zero-order valence-electron chi connectivity index (χ0n) is 9.47. The number of alkyl halides is 1. The molecule has 0 spiro atoms. The maximum Gasteiger partial charge on any atom is 0.0348 e. The van der Waals surface area contributed by atoms with Gasteiger partial charge in [0.05, 0.1) is 0 Å². The predicted molar refractivity (Wildman–Crippen MR) is 64.1 cm³/mol. The van der Waals surface area contributed by atoms with Gasteiger partial charge in [0.15, 0.2) is 0 Å². The fourth-order valence-corrected chi connectivity index (χ4v) is 2.46. The molecule has 1 aliphatic rings. The molecule has 1 fully saturated rings. The summed E-state index contributed by atoms with van der Waals surface area (Å²) in [5.74, 6) is 0. The quantitative estimate of drug-likeness (QED) is 0.636. The molecule has 1 atom stereocenters. The van der Waals surface area contributed by atoms with Gasteiger partial charge in [-0.2, -0.15) is 0 Å². The number of halogens is 1. The molecule has 0 saturated carbocycles. The Kier molecular flexibility index (Phi) is 6.63. The minimum absolute atomic E-state index is 0.406. The molecular formula is C12H24ClN. The molecule has 1 rings (SSSR count). The summed E-state index contributed by atoms with van der Waals surface area (Å²) in [6.45, 7) is 6.03. The molecule has 0 aromatic carbocycles. The lowest BCUT2D eigenvalue weighted by molar-refractivity contribution is 0.279. The van der Waals surface area contributed by atoms with Crippen molar-refractivity contribution < 1.29 is 0 Å². The summed E-state index contributed by atoms with van der Waals surface area (Å²) < 4.78 is 0. The topological polar surface area (TPSA) is 3.24 Å². The average Bonchev–Trinajstić information content (AvgIpc) is 2.43. The SMILES string of the molecule is CCCC(Cl)CCN1CCCCCC1. The zero-order valence-corrected chi connectivity index (χ0v) is 10.2. The first-order chi connectivity index (χ1) is 6.83. The smallest absolute Gasteiger partial charge is 0.0348 e. The molecular weight excluding hydrogens is 194 g/mol. The van der Waals surface area contributed by atoms with Crippen molar-refractivity contribution in [2.45, 2.75) is 57.2 Å². The van der Waals surface area contributed by atoms with Crippen molar-refractivity contribution in [2.75, 3.05) is 19.6 Å². The Bertz CT molecular complexity index is 130. The normalized spacial score (nSPS) is 21.9. The van der Waals surface area contributed by atoms with Crippen LogP contribution in [0.4, 0.5) is 0 Å².